The van der Waals surface area contributed by atoms with Crippen molar-refractivity contribution >= 4 is 5.69 Å². The van der Waals surface area contributed by atoms with Crippen LogP contribution >= 0.6 is 0 Å². The van der Waals surface area contributed by atoms with E-state index in [0.717, 1.165) is 36.0 Å². The number of aromatic nitrogens is 3. The first-order chi connectivity index (χ1) is 8.31. The lowest BCUT2D eigenvalue weighted by atomic mass is 10.1. The van der Waals surface area contributed by atoms with Crippen LogP contribution in [-0.4, -0.2) is 34.3 Å². The molecular weight excluding hydrogens is 214 g/mol. The van der Waals surface area contributed by atoms with Gasteiger partial charge in [-0.1, -0.05) is 12.1 Å². The van der Waals surface area contributed by atoms with Crippen molar-refractivity contribution in [3.05, 3.63) is 30.1 Å². The number of H-pyrrole nitrogens is 1. The number of hydrogen-bond donors (Lipinski definition) is 3. The second-order valence-electron chi connectivity index (χ2n) is 4.32. The molecule has 0 radical (unpaired) electrons. The number of aromatic amines is 1. The Morgan fingerprint density at radius 1 is 1.35 bits per heavy atom. The molecule has 1 aliphatic heterocycles. The van der Waals surface area contributed by atoms with Crippen LogP contribution in [0.4, 0.5) is 5.69 Å². The normalized spacial score (nSPS) is 15.6. The van der Waals surface area contributed by atoms with Crippen molar-refractivity contribution in [3.8, 4) is 11.4 Å². The van der Waals surface area contributed by atoms with E-state index in [1.54, 1.807) is 0 Å². The average molecular weight is 229 g/mol. The monoisotopic (exact) mass is 229 g/mol. The lowest BCUT2D eigenvalue weighted by Crippen LogP contribution is -2.51. The fourth-order valence-corrected chi connectivity index (χ4v) is 1.85. The van der Waals surface area contributed by atoms with E-state index in [0.29, 0.717) is 6.04 Å². The predicted octanol–water partition coefficient (Wildman–Crippen LogP) is 1.16. The molecule has 0 unspecified atom stereocenters. The van der Waals surface area contributed by atoms with Gasteiger partial charge in [0.15, 0.2) is 5.82 Å². The standard InChI is InChI=1S/C12H15N5/c1-8-14-12(17-16-8)9-3-2-4-10(5-9)15-11-6-13-7-11/h2-5,11,13,15H,6-7H2,1H3,(H,14,16,17). The predicted molar refractivity (Wildman–Crippen MR) is 66.8 cm³/mol. The lowest BCUT2D eigenvalue weighted by Gasteiger charge is -2.29. The van der Waals surface area contributed by atoms with Crippen LogP contribution in [0.1, 0.15) is 5.82 Å². The third kappa shape index (κ3) is 2.14. The fraction of sp³-hybridized carbons (Fsp3) is 0.333. The number of rotatable bonds is 3. The molecule has 0 amide bonds. The SMILES string of the molecule is Cc1nc(-c2cccc(NC3CNC3)c2)n[nH]1. The summed E-state index contributed by atoms with van der Waals surface area (Å²) in [6, 6.07) is 8.74. The van der Waals surface area contributed by atoms with E-state index in [9.17, 15) is 0 Å². The molecule has 1 aromatic heterocycles. The van der Waals surface area contributed by atoms with Gasteiger partial charge in [-0.2, -0.15) is 5.10 Å². The molecule has 5 heteroatoms. The molecule has 5 nitrogen and oxygen atoms in total. The zero-order chi connectivity index (χ0) is 11.7. The molecule has 3 rings (SSSR count). The van der Waals surface area contributed by atoms with Gasteiger partial charge in [-0.3, -0.25) is 5.10 Å². The highest BCUT2D eigenvalue weighted by Gasteiger charge is 2.16. The summed E-state index contributed by atoms with van der Waals surface area (Å²) in [4.78, 5) is 4.33. The molecule has 1 saturated heterocycles. The van der Waals surface area contributed by atoms with Crippen molar-refractivity contribution in [3.63, 3.8) is 0 Å². The van der Waals surface area contributed by atoms with Crippen LogP contribution in [0, 0.1) is 6.92 Å². The minimum Gasteiger partial charge on any atom is -0.380 e. The molecule has 0 bridgehead atoms. The fourth-order valence-electron chi connectivity index (χ4n) is 1.85. The molecule has 0 atom stereocenters. The number of nitrogens with zero attached hydrogens (tertiary/aromatic N) is 2. The summed E-state index contributed by atoms with van der Waals surface area (Å²) in [5, 5.41) is 13.7. The van der Waals surface area contributed by atoms with Crippen LogP contribution in [0.15, 0.2) is 24.3 Å². The first-order valence-corrected chi connectivity index (χ1v) is 5.78. The largest absolute Gasteiger partial charge is 0.380 e. The van der Waals surface area contributed by atoms with Gasteiger partial charge in [0, 0.05) is 24.3 Å². The Labute approximate surface area is 99.7 Å². The van der Waals surface area contributed by atoms with E-state index < -0.39 is 0 Å². The Hall–Kier alpha value is -1.88. The molecule has 88 valence electrons. The molecular formula is C12H15N5. The third-order valence-electron chi connectivity index (χ3n) is 2.87. The van der Waals surface area contributed by atoms with Crippen molar-refractivity contribution in [2.45, 2.75) is 13.0 Å². The Balaban J connectivity index is 1.82. The summed E-state index contributed by atoms with van der Waals surface area (Å²) in [6.07, 6.45) is 0. The molecule has 1 fully saturated rings. The van der Waals surface area contributed by atoms with E-state index in [-0.39, 0.29) is 0 Å². The van der Waals surface area contributed by atoms with E-state index in [1.165, 1.54) is 0 Å². The summed E-state index contributed by atoms with van der Waals surface area (Å²) in [5.74, 6) is 1.58. The van der Waals surface area contributed by atoms with Crippen molar-refractivity contribution < 1.29 is 0 Å². The van der Waals surface area contributed by atoms with Crippen molar-refractivity contribution in [1.29, 1.82) is 0 Å². The van der Waals surface area contributed by atoms with Gasteiger partial charge in [-0.15, -0.1) is 0 Å². The number of anilines is 1. The van der Waals surface area contributed by atoms with Crippen LogP contribution in [0.2, 0.25) is 0 Å². The maximum atomic E-state index is 4.33. The maximum Gasteiger partial charge on any atom is 0.181 e. The maximum absolute atomic E-state index is 4.33. The summed E-state index contributed by atoms with van der Waals surface area (Å²) in [5.41, 5.74) is 2.16. The average Bonchev–Trinajstić information content (AvgIpc) is 2.71. The van der Waals surface area contributed by atoms with E-state index >= 15 is 0 Å². The summed E-state index contributed by atoms with van der Waals surface area (Å²) in [7, 11) is 0. The molecule has 2 aromatic rings. The topological polar surface area (TPSA) is 65.6 Å². The number of hydrogen-bond acceptors (Lipinski definition) is 4. The first kappa shape index (κ1) is 10.3. The Morgan fingerprint density at radius 3 is 2.88 bits per heavy atom. The van der Waals surface area contributed by atoms with E-state index in [4.69, 9.17) is 0 Å². The summed E-state index contributed by atoms with van der Waals surface area (Å²) < 4.78 is 0. The van der Waals surface area contributed by atoms with Gasteiger partial charge in [0.25, 0.3) is 0 Å². The molecule has 0 saturated carbocycles. The molecule has 1 aliphatic rings. The smallest absolute Gasteiger partial charge is 0.181 e. The summed E-state index contributed by atoms with van der Waals surface area (Å²) in [6.45, 7) is 3.96. The van der Waals surface area contributed by atoms with Gasteiger partial charge < -0.3 is 10.6 Å². The van der Waals surface area contributed by atoms with Crippen molar-refractivity contribution in [2.75, 3.05) is 18.4 Å². The van der Waals surface area contributed by atoms with Crippen LogP contribution in [0.3, 0.4) is 0 Å². The van der Waals surface area contributed by atoms with E-state index in [2.05, 4.69) is 37.9 Å². The number of aryl methyl sites for hydroxylation is 1. The number of benzene rings is 1. The molecule has 1 aromatic carbocycles. The van der Waals surface area contributed by atoms with Gasteiger partial charge >= 0.3 is 0 Å². The van der Waals surface area contributed by atoms with Crippen molar-refractivity contribution in [1.82, 2.24) is 20.5 Å². The third-order valence-corrected chi connectivity index (χ3v) is 2.87. The highest BCUT2D eigenvalue weighted by molar-refractivity contribution is 5.62. The highest BCUT2D eigenvalue weighted by atomic mass is 15.2. The number of nitrogens with one attached hydrogen (secondary N) is 3. The van der Waals surface area contributed by atoms with Gasteiger partial charge in [0.1, 0.15) is 5.82 Å². The molecule has 3 N–H and O–H groups in total. The molecule has 0 spiro atoms. The van der Waals surface area contributed by atoms with Crippen molar-refractivity contribution in [2.24, 2.45) is 0 Å². The second kappa shape index (κ2) is 4.18. The Bertz CT molecular complexity index is 515. The Morgan fingerprint density at radius 2 is 2.24 bits per heavy atom. The second-order valence-corrected chi connectivity index (χ2v) is 4.32. The van der Waals surface area contributed by atoms with Gasteiger partial charge in [0.2, 0.25) is 0 Å². The minimum atomic E-state index is 0.541. The molecule has 2 heterocycles. The van der Waals surface area contributed by atoms with Gasteiger partial charge in [0.05, 0.1) is 6.04 Å². The summed E-state index contributed by atoms with van der Waals surface area (Å²) >= 11 is 0. The van der Waals surface area contributed by atoms with Gasteiger partial charge in [-0.25, -0.2) is 4.98 Å². The molecule has 17 heavy (non-hydrogen) atoms. The minimum absolute atomic E-state index is 0.541. The quantitative estimate of drug-likeness (QED) is 0.739. The molecule has 0 aliphatic carbocycles. The van der Waals surface area contributed by atoms with Gasteiger partial charge in [-0.05, 0) is 19.1 Å². The van der Waals surface area contributed by atoms with E-state index in [1.807, 2.05) is 19.1 Å². The first-order valence-electron chi connectivity index (χ1n) is 5.78. The zero-order valence-corrected chi connectivity index (χ0v) is 9.70. The lowest BCUT2D eigenvalue weighted by molar-refractivity contribution is 0.472. The Kier molecular flexibility index (Phi) is 2.53. The van der Waals surface area contributed by atoms with Crippen LogP contribution in [0.25, 0.3) is 11.4 Å². The van der Waals surface area contributed by atoms with Crippen LogP contribution in [-0.2, 0) is 0 Å². The van der Waals surface area contributed by atoms with Crippen LogP contribution in [0.5, 0.6) is 0 Å². The highest BCUT2D eigenvalue weighted by Crippen LogP contribution is 2.20. The zero-order valence-electron chi connectivity index (χ0n) is 9.70. The van der Waals surface area contributed by atoms with Crippen LogP contribution < -0.4 is 10.6 Å².